The van der Waals surface area contributed by atoms with Crippen LogP contribution in [-0.2, 0) is 10.4 Å². The Labute approximate surface area is 181 Å². The molecule has 7 rings (SSSR count). The average Bonchev–Trinajstić information content (AvgIpc) is 3.41. The van der Waals surface area contributed by atoms with E-state index in [1.807, 2.05) is 49.5 Å². The van der Waals surface area contributed by atoms with Crippen molar-refractivity contribution >= 4 is 11.6 Å². The Morgan fingerprint density at radius 1 is 1.03 bits per heavy atom. The molecule has 0 amide bonds. The monoisotopic (exact) mass is 414 g/mol. The summed E-state index contributed by atoms with van der Waals surface area (Å²) >= 11 is 0. The summed E-state index contributed by atoms with van der Waals surface area (Å²) in [6.07, 6.45) is 1.94. The predicted octanol–water partition coefficient (Wildman–Crippen LogP) is 2.20. The molecule has 2 bridgehead atoms. The molecule has 4 fully saturated rings. The molecule has 0 unspecified atom stereocenters. The Bertz CT molecular complexity index is 1150. The second-order valence-corrected chi connectivity index (χ2v) is 10.2. The topological polar surface area (TPSA) is 60.9 Å². The van der Waals surface area contributed by atoms with Crippen LogP contribution in [0.15, 0.2) is 54.6 Å². The van der Waals surface area contributed by atoms with E-state index in [4.69, 9.17) is 0 Å². The second-order valence-electron chi connectivity index (χ2n) is 10.2. The quantitative estimate of drug-likeness (QED) is 0.775. The van der Waals surface area contributed by atoms with Gasteiger partial charge in [-0.1, -0.05) is 54.6 Å². The smallest absolute Gasteiger partial charge is 0.187 e. The largest absolute Gasteiger partial charge is 0.382 e. The molecule has 2 aromatic rings. The lowest BCUT2D eigenvalue weighted by molar-refractivity contribution is -0.137. The van der Waals surface area contributed by atoms with Crippen molar-refractivity contribution < 1.29 is 14.7 Å². The predicted molar refractivity (Wildman–Crippen MR) is 115 cm³/mol. The molecule has 3 heterocycles. The Morgan fingerprint density at radius 3 is 2.58 bits per heavy atom. The molecule has 2 aliphatic carbocycles. The molecular formula is C26H26N2O3. The zero-order chi connectivity index (χ0) is 21.2. The number of carbonyl (C=O) groups is 2. The van der Waals surface area contributed by atoms with Crippen molar-refractivity contribution in [1.82, 2.24) is 9.80 Å². The van der Waals surface area contributed by atoms with Crippen LogP contribution < -0.4 is 0 Å². The van der Waals surface area contributed by atoms with Crippen LogP contribution in [0.4, 0.5) is 0 Å². The molecule has 1 saturated carbocycles. The molecule has 2 spiro atoms. The Kier molecular flexibility index (Phi) is 3.25. The molecule has 5 nitrogen and oxygen atoms in total. The second kappa shape index (κ2) is 5.52. The zero-order valence-electron chi connectivity index (χ0n) is 17.6. The minimum absolute atomic E-state index is 0.0397. The van der Waals surface area contributed by atoms with Crippen molar-refractivity contribution in [2.24, 2.45) is 11.3 Å². The summed E-state index contributed by atoms with van der Waals surface area (Å²) in [5.41, 5.74) is -1.24. The number of ketones is 2. The van der Waals surface area contributed by atoms with Gasteiger partial charge in [-0.25, -0.2) is 0 Å². The van der Waals surface area contributed by atoms with E-state index in [9.17, 15) is 14.7 Å². The first-order chi connectivity index (χ1) is 15.0. The Hall–Kier alpha value is -2.34. The van der Waals surface area contributed by atoms with E-state index in [0.717, 1.165) is 24.9 Å². The molecule has 5 heteroatoms. The van der Waals surface area contributed by atoms with Crippen LogP contribution in [0.5, 0.6) is 0 Å². The minimum Gasteiger partial charge on any atom is -0.382 e. The van der Waals surface area contributed by atoms with Gasteiger partial charge < -0.3 is 10.0 Å². The van der Waals surface area contributed by atoms with Crippen molar-refractivity contribution in [3.63, 3.8) is 0 Å². The number of piperidine rings is 1. The highest BCUT2D eigenvalue weighted by atomic mass is 16.3. The third-order valence-electron chi connectivity index (χ3n) is 9.19. The fourth-order valence-electron chi connectivity index (χ4n) is 8.58. The van der Waals surface area contributed by atoms with Crippen LogP contribution in [-0.4, -0.2) is 64.7 Å². The Morgan fingerprint density at radius 2 is 1.77 bits per heavy atom. The molecule has 31 heavy (non-hydrogen) atoms. The Balaban J connectivity index is 1.62. The number of hydrogen-bond acceptors (Lipinski definition) is 5. The number of hydrogen-bond donors (Lipinski definition) is 1. The van der Waals surface area contributed by atoms with Gasteiger partial charge in [-0.2, -0.15) is 0 Å². The van der Waals surface area contributed by atoms with Crippen molar-refractivity contribution in [2.45, 2.75) is 35.9 Å². The van der Waals surface area contributed by atoms with Gasteiger partial charge in [-0.05, 0) is 37.6 Å². The highest BCUT2D eigenvalue weighted by molar-refractivity contribution is 6.18. The first kappa shape index (κ1) is 18.3. The fourth-order valence-corrected chi connectivity index (χ4v) is 8.58. The molecule has 6 atom stereocenters. The summed E-state index contributed by atoms with van der Waals surface area (Å²) in [6, 6.07) is 17.8. The van der Waals surface area contributed by atoms with E-state index in [1.54, 1.807) is 0 Å². The van der Waals surface area contributed by atoms with Gasteiger partial charge in [0.25, 0.3) is 0 Å². The summed E-state index contributed by atoms with van der Waals surface area (Å²) in [4.78, 5) is 33.2. The highest BCUT2D eigenvalue weighted by Crippen LogP contribution is 2.76. The first-order valence-corrected chi connectivity index (χ1v) is 11.4. The minimum atomic E-state index is -1.48. The van der Waals surface area contributed by atoms with Gasteiger partial charge in [0.1, 0.15) is 11.1 Å². The zero-order valence-corrected chi connectivity index (χ0v) is 17.6. The molecule has 158 valence electrons. The van der Waals surface area contributed by atoms with Gasteiger partial charge in [-0.15, -0.1) is 0 Å². The van der Waals surface area contributed by atoms with Crippen LogP contribution in [0.1, 0.15) is 40.2 Å². The van der Waals surface area contributed by atoms with E-state index in [2.05, 4.69) is 21.9 Å². The third kappa shape index (κ3) is 1.63. The fraction of sp³-hybridized carbons (Fsp3) is 0.462. The van der Waals surface area contributed by atoms with E-state index in [1.165, 1.54) is 0 Å². The number of nitrogens with zero attached hydrogens (tertiary/aromatic N) is 2. The molecule has 3 saturated heterocycles. The number of rotatable bonds is 1. The standard InChI is InChI=1S/C26H26N2O3/c1-27-14-19-23(30)24(15-27)21(16-8-3-2-4-9-16)20-12-7-13-28(20)26(24)22(29)17-10-5-6-11-18(17)25(19,26)31/h2-6,8-11,19-21,31H,7,12-15H2,1H3/t19-,20-,21-,24-,25+,26-/m0/s1. The van der Waals surface area contributed by atoms with E-state index < -0.39 is 22.5 Å². The van der Waals surface area contributed by atoms with Crippen molar-refractivity contribution in [1.29, 1.82) is 0 Å². The highest BCUT2D eigenvalue weighted by Gasteiger charge is 2.91. The number of fused-ring (bicyclic) bond motifs is 5. The molecule has 5 aliphatic rings. The average molecular weight is 415 g/mol. The van der Waals surface area contributed by atoms with Gasteiger partial charge in [-0.3, -0.25) is 14.5 Å². The van der Waals surface area contributed by atoms with Gasteiger partial charge in [0.15, 0.2) is 11.6 Å². The van der Waals surface area contributed by atoms with Crippen LogP contribution in [0.25, 0.3) is 0 Å². The molecule has 1 N–H and O–H groups in total. The molecule has 0 aromatic heterocycles. The van der Waals surface area contributed by atoms with Gasteiger partial charge in [0.05, 0.1) is 11.3 Å². The summed E-state index contributed by atoms with van der Waals surface area (Å²) in [6.45, 7) is 1.75. The van der Waals surface area contributed by atoms with Crippen molar-refractivity contribution in [3.8, 4) is 0 Å². The lowest BCUT2D eigenvalue weighted by Crippen LogP contribution is -2.66. The maximum atomic E-state index is 14.4. The molecule has 0 radical (unpaired) electrons. The number of aliphatic hydroxyl groups is 1. The normalized spacial score (nSPS) is 43.1. The van der Waals surface area contributed by atoms with Crippen LogP contribution >= 0.6 is 0 Å². The number of Topliss-reactive ketones (excluding diaryl/α,β-unsaturated/α-hetero) is 2. The number of benzene rings is 2. The lowest BCUT2D eigenvalue weighted by Gasteiger charge is -2.47. The van der Waals surface area contributed by atoms with Crippen molar-refractivity contribution in [3.05, 3.63) is 71.3 Å². The number of carbonyl (C=O) groups excluding carboxylic acids is 2. The summed E-state index contributed by atoms with van der Waals surface area (Å²) in [7, 11) is 2.03. The van der Waals surface area contributed by atoms with Crippen LogP contribution in [0.3, 0.4) is 0 Å². The van der Waals surface area contributed by atoms with Gasteiger partial charge in [0.2, 0.25) is 0 Å². The van der Waals surface area contributed by atoms with Crippen LogP contribution in [0.2, 0.25) is 0 Å². The maximum absolute atomic E-state index is 14.4. The van der Waals surface area contributed by atoms with Gasteiger partial charge >= 0.3 is 0 Å². The molecule has 2 aromatic carbocycles. The van der Waals surface area contributed by atoms with Crippen molar-refractivity contribution in [2.75, 3.05) is 26.7 Å². The summed E-state index contributed by atoms with van der Waals surface area (Å²) in [5, 5.41) is 12.7. The molecule has 3 aliphatic heterocycles. The summed E-state index contributed by atoms with van der Waals surface area (Å²) < 4.78 is 0. The number of likely N-dealkylation sites (tertiary alicyclic amines) is 1. The summed E-state index contributed by atoms with van der Waals surface area (Å²) in [5.74, 6) is -0.630. The SMILES string of the molecule is CN1C[C@H]2C(=O)[C@]3(C1)[C@@H](c1ccccc1)[C@@H]1CCCN1[C@@]31C(=O)c3ccccc3[C@@]21O. The van der Waals surface area contributed by atoms with Crippen LogP contribution in [0, 0.1) is 11.3 Å². The maximum Gasteiger partial charge on any atom is 0.187 e. The van der Waals surface area contributed by atoms with Gasteiger partial charge in [0, 0.05) is 30.6 Å². The third-order valence-corrected chi connectivity index (χ3v) is 9.19. The first-order valence-electron chi connectivity index (χ1n) is 11.4. The lowest BCUT2D eigenvalue weighted by atomic mass is 9.59. The van der Waals surface area contributed by atoms with E-state index in [-0.39, 0.29) is 23.5 Å². The van der Waals surface area contributed by atoms with E-state index >= 15 is 0 Å². The molecular weight excluding hydrogens is 388 g/mol. The van der Waals surface area contributed by atoms with E-state index in [0.29, 0.717) is 24.2 Å².